The number of thiazole rings is 1. The molecule has 2 saturated carbocycles. The maximum Gasteiger partial charge on any atom is 0.406 e. The SMILES string of the molecule is CO[C@@H](C)c1ncc(C#C[C@@H](C)N2CCOCC2)cc1-c1c2c3cc(ccc3n1CC(F)(F)F)-c1csc(n1)[C@@H](CN1CCOCC1)[C@H](NC(=O)C1[C@@H](C)[C@H]1C)C(=O)N1N[C@H](C(=O)OCC(C)(C)C2)C2CC1C2. The van der Waals surface area contributed by atoms with Crippen LogP contribution in [0.1, 0.15) is 88.2 Å². The summed E-state index contributed by atoms with van der Waals surface area (Å²) in [5, 5.41) is 7.91. The van der Waals surface area contributed by atoms with Crippen molar-refractivity contribution in [3.05, 3.63) is 57.7 Å². The van der Waals surface area contributed by atoms with Crippen LogP contribution in [0.5, 0.6) is 0 Å². The lowest BCUT2D eigenvalue weighted by Gasteiger charge is -2.53. The predicted molar refractivity (Wildman–Crippen MR) is 269 cm³/mol. The number of hydrazine groups is 1. The number of hydrogen-bond donors (Lipinski definition) is 2. The predicted octanol–water partition coefficient (Wildman–Crippen LogP) is 6.59. The maximum absolute atomic E-state index is 15.3. The molecule has 8 bridgehead atoms. The van der Waals surface area contributed by atoms with Gasteiger partial charge in [0.25, 0.3) is 5.91 Å². The standard InChI is InChI=1S/C54H67F3N8O7S/c1-30(63-14-18-71-19-15-63)8-9-34-20-39(45(58-25-34)33(4)69-7)48-40-24-53(5,6)29-72-52(68)46-36-21-37(22-36)65(61-46)51(67)47(60-49(66)44-31(2)32(44)3)41(26-62-12-16-70-17-13-62)50-59-42(27-73-50)35-10-11-43(38(40)23-35)64(48)28-54(55,56)57/h10-11,20,23,25,27,30-33,36-37,41,44,46-47,61H,12-19,21-22,24,26,28-29H2,1-7H3,(H,60,66)/t30-,31-,32+,33+,36?,37?,41+,44?,46+,47+/m1/s1. The van der Waals surface area contributed by atoms with Gasteiger partial charge >= 0.3 is 12.1 Å². The number of rotatable bonds is 9. The Morgan fingerprint density at radius 1 is 1.04 bits per heavy atom. The van der Waals surface area contributed by atoms with E-state index in [0.29, 0.717) is 114 Å². The number of morpholine rings is 2. The Labute approximate surface area is 428 Å². The number of alkyl halides is 3. The summed E-state index contributed by atoms with van der Waals surface area (Å²) in [5.41, 5.74) is 6.42. The third-order valence-corrected chi connectivity index (χ3v) is 17.2. The third kappa shape index (κ3) is 10.7. The first-order valence-corrected chi connectivity index (χ1v) is 26.7. The van der Waals surface area contributed by atoms with Crippen molar-refractivity contribution < 1.29 is 46.5 Å². The van der Waals surface area contributed by atoms with Gasteiger partial charge in [-0.3, -0.25) is 34.2 Å². The molecule has 392 valence electrons. The van der Waals surface area contributed by atoms with Crippen molar-refractivity contribution in [3.63, 3.8) is 0 Å². The number of carbonyl (C=O) groups is 3. The molecule has 8 heterocycles. The summed E-state index contributed by atoms with van der Waals surface area (Å²) < 4.78 is 70.1. The van der Waals surface area contributed by atoms with E-state index in [-0.39, 0.29) is 60.6 Å². The molecule has 0 radical (unpaired) electrons. The van der Waals surface area contributed by atoms with Crippen LogP contribution in [0.2, 0.25) is 0 Å². The minimum absolute atomic E-state index is 0.0722. The highest BCUT2D eigenvalue weighted by molar-refractivity contribution is 7.10. The molecular weight excluding hydrogens is 962 g/mol. The molecule has 73 heavy (non-hydrogen) atoms. The Balaban J connectivity index is 1.15. The number of esters is 1. The molecule has 15 nitrogen and oxygen atoms in total. The topological polar surface area (TPSA) is 153 Å². The van der Waals surface area contributed by atoms with Crippen LogP contribution >= 0.6 is 11.3 Å². The van der Waals surface area contributed by atoms with Crippen LogP contribution in [-0.2, 0) is 46.3 Å². The van der Waals surface area contributed by atoms with Crippen molar-refractivity contribution in [2.45, 2.75) is 110 Å². The number of pyridine rings is 1. The maximum atomic E-state index is 15.3. The zero-order valence-electron chi connectivity index (χ0n) is 42.7. The van der Waals surface area contributed by atoms with Gasteiger partial charge in [0, 0.05) is 96.4 Å². The average Bonchev–Trinajstić information content (AvgIpc) is 3.61. The number of methoxy groups -OCH3 is 1. The van der Waals surface area contributed by atoms with Crippen LogP contribution in [0.15, 0.2) is 35.8 Å². The first-order valence-electron chi connectivity index (χ1n) is 25.8. The normalized spacial score (nSPS) is 28.5. The van der Waals surface area contributed by atoms with Crippen LogP contribution < -0.4 is 10.7 Å². The first-order chi connectivity index (χ1) is 34.9. The fourth-order valence-corrected chi connectivity index (χ4v) is 12.5. The van der Waals surface area contributed by atoms with Crippen molar-refractivity contribution in [2.24, 2.45) is 29.1 Å². The van der Waals surface area contributed by atoms with E-state index in [2.05, 4.69) is 32.4 Å². The highest BCUT2D eigenvalue weighted by Gasteiger charge is 2.54. The van der Waals surface area contributed by atoms with Crippen LogP contribution in [-0.4, -0.2) is 150 Å². The summed E-state index contributed by atoms with van der Waals surface area (Å²) in [6, 6.07) is 5.07. The van der Waals surface area contributed by atoms with Gasteiger partial charge in [0.05, 0.1) is 68.2 Å². The molecule has 19 heteroatoms. The second-order valence-corrected chi connectivity index (χ2v) is 22.7. The van der Waals surface area contributed by atoms with Gasteiger partial charge in [0.1, 0.15) is 23.6 Å². The van der Waals surface area contributed by atoms with E-state index in [1.54, 1.807) is 30.4 Å². The minimum Gasteiger partial charge on any atom is -0.464 e. The van der Waals surface area contributed by atoms with Gasteiger partial charge in [-0.1, -0.05) is 45.6 Å². The van der Waals surface area contributed by atoms with Crippen LogP contribution in [0.3, 0.4) is 0 Å². The summed E-state index contributed by atoms with van der Waals surface area (Å²) in [5.74, 6) is 4.96. The number of benzene rings is 1. The number of nitrogens with one attached hydrogen (secondary N) is 2. The number of nitrogens with zero attached hydrogens (tertiary/aromatic N) is 6. The number of halogens is 3. The number of fused-ring (bicyclic) bond motifs is 4. The number of cyclic esters (lactones) is 1. The van der Waals surface area contributed by atoms with Gasteiger partial charge in [0.15, 0.2) is 0 Å². The lowest BCUT2D eigenvalue weighted by Crippen LogP contribution is -2.72. The number of ether oxygens (including phenoxy) is 4. The smallest absolute Gasteiger partial charge is 0.406 e. The number of carbonyl (C=O) groups excluding carboxylic acids is 3. The molecular formula is C54H67F3N8O7S. The Morgan fingerprint density at radius 3 is 2.44 bits per heavy atom. The van der Waals surface area contributed by atoms with Gasteiger partial charge in [0.2, 0.25) is 5.91 Å². The molecule has 1 unspecified atom stereocenters. The molecule has 5 aliphatic heterocycles. The molecule has 6 fully saturated rings. The van der Waals surface area contributed by atoms with Gasteiger partial charge in [-0.15, -0.1) is 11.3 Å². The Kier molecular flexibility index (Phi) is 14.6. The van der Waals surface area contributed by atoms with E-state index in [9.17, 15) is 9.59 Å². The van der Waals surface area contributed by atoms with Crippen molar-refractivity contribution in [2.75, 3.05) is 72.9 Å². The second-order valence-electron chi connectivity index (χ2n) is 21.9. The molecule has 2 amide bonds. The molecule has 0 spiro atoms. The molecule has 1 aromatic carbocycles. The fourth-order valence-electron chi connectivity index (χ4n) is 11.5. The molecule has 2 aliphatic carbocycles. The quantitative estimate of drug-likeness (QED) is 0.138. The van der Waals surface area contributed by atoms with Gasteiger partial charge < -0.3 is 28.8 Å². The average molecular weight is 1030 g/mol. The highest BCUT2D eigenvalue weighted by atomic mass is 32.1. The molecule has 4 aromatic rings. The van der Waals surface area contributed by atoms with Crippen LogP contribution in [0, 0.1) is 40.9 Å². The molecule has 4 saturated heterocycles. The Hall–Kier alpha value is -4.94. The third-order valence-electron chi connectivity index (χ3n) is 16.2. The van der Waals surface area contributed by atoms with Gasteiger partial charge in [-0.2, -0.15) is 13.2 Å². The van der Waals surface area contributed by atoms with Crippen LogP contribution in [0.4, 0.5) is 13.2 Å². The molecule has 8 atom stereocenters. The van der Waals surface area contributed by atoms with E-state index < -0.39 is 48.2 Å². The van der Waals surface area contributed by atoms with E-state index in [1.807, 2.05) is 59.1 Å². The Morgan fingerprint density at radius 2 is 1.75 bits per heavy atom. The molecule has 2 N–H and O–H groups in total. The second kappa shape index (κ2) is 20.6. The Bertz CT molecular complexity index is 2780. The summed E-state index contributed by atoms with van der Waals surface area (Å²) in [6.45, 7) is 15.8. The zero-order chi connectivity index (χ0) is 51.5. The van der Waals surface area contributed by atoms with E-state index in [0.717, 1.165) is 13.1 Å². The summed E-state index contributed by atoms with van der Waals surface area (Å²) >= 11 is 1.39. The number of hydrogen-bond acceptors (Lipinski definition) is 13. The van der Waals surface area contributed by atoms with Crippen molar-refractivity contribution >= 4 is 40.0 Å². The monoisotopic (exact) mass is 1030 g/mol. The largest absolute Gasteiger partial charge is 0.464 e. The van der Waals surface area contributed by atoms with Crippen molar-refractivity contribution in [1.82, 2.24) is 40.1 Å². The minimum atomic E-state index is -4.63. The zero-order valence-corrected chi connectivity index (χ0v) is 43.5. The first kappa shape index (κ1) is 51.5. The highest BCUT2D eigenvalue weighted by Crippen LogP contribution is 2.47. The van der Waals surface area contributed by atoms with Crippen molar-refractivity contribution in [1.29, 1.82) is 0 Å². The van der Waals surface area contributed by atoms with E-state index in [4.69, 9.17) is 28.9 Å². The van der Waals surface area contributed by atoms with Crippen molar-refractivity contribution in [3.8, 4) is 34.4 Å². The molecule has 11 rings (SSSR count). The van der Waals surface area contributed by atoms with Crippen LogP contribution in [0.25, 0.3) is 33.4 Å². The lowest BCUT2D eigenvalue weighted by atomic mass is 9.73. The molecule has 7 aliphatic rings. The summed E-state index contributed by atoms with van der Waals surface area (Å²) in [4.78, 5) is 58.4. The summed E-state index contributed by atoms with van der Waals surface area (Å²) in [7, 11) is 1.54. The van der Waals surface area contributed by atoms with Gasteiger partial charge in [-0.25, -0.2) is 10.4 Å². The van der Waals surface area contributed by atoms with E-state index >= 15 is 18.0 Å². The molecule has 3 aromatic heterocycles. The number of amides is 2. The number of aromatic nitrogens is 3. The fraction of sp³-hybridized carbons (Fsp3) is 0.611. The lowest BCUT2D eigenvalue weighted by molar-refractivity contribution is -0.171. The van der Waals surface area contributed by atoms with Gasteiger partial charge in [-0.05, 0) is 74.6 Å². The summed E-state index contributed by atoms with van der Waals surface area (Å²) in [6.07, 6.45) is -2.22. The van der Waals surface area contributed by atoms with E-state index in [1.165, 1.54) is 15.9 Å².